The predicted molar refractivity (Wildman–Crippen MR) is 99.3 cm³/mol. The molecule has 122 valence electrons. The van der Waals surface area contributed by atoms with Crippen molar-refractivity contribution < 1.29 is 4.74 Å². The van der Waals surface area contributed by atoms with Crippen molar-refractivity contribution in [3.8, 4) is 0 Å². The molecule has 1 aromatic carbocycles. The highest BCUT2D eigenvalue weighted by Crippen LogP contribution is 2.20. The second kappa shape index (κ2) is 8.19. The highest BCUT2D eigenvalue weighted by molar-refractivity contribution is 7.80. The quantitative estimate of drug-likeness (QED) is 0.376. The van der Waals surface area contributed by atoms with Gasteiger partial charge in [-0.3, -0.25) is 5.43 Å². The van der Waals surface area contributed by atoms with Gasteiger partial charge in [-0.25, -0.2) is 4.98 Å². The van der Waals surface area contributed by atoms with E-state index in [4.69, 9.17) is 28.6 Å². The second-order valence-electron chi connectivity index (χ2n) is 5.26. The molecule has 0 bridgehead atoms. The standard InChI is InChI=1S/C16H19ClN4OS/c1-10-4-5-12-7-13(15(17)20-14(12)6-10)8-18-21-16(23)19-11(2)9-22-3/h4-8,11H,9H2,1-3H3,(H2,19,21,23)/b18-8-/t11-/m1/s1. The van der Waals surface area contributed by atoms with E-state index in [1.165, 1.54) is 0 Å². The van der Waals surface area contributed by atoms with Crippen LogP contribution in [0.4, 0.5) is 0 Å². The van der Waals surface area contributed by atoms with Gasteiger partial charge in [-0.05, 0) is 43.8 Å². The SMILES string of the molecule is COC[C@@H](C)NC(=S)N/N=C\c1cc2ccc(C)cc2nc1Cl. The van der Waals surface area contributed by atoms with Gasteiger partial charge < -0.3 is 10.1 Å². The van der Waals surface area contributed by atoms with Crippen molar-refractivity contribution in [3.63, 3.8) is 0 Å². The Hall–Kier alpha value is -1.76. The summed E-state index contributed by atoms with van der Waals surface area (Å²) >= 11 is 11.3. The summed E-state index contributed by atoms with van der Waals surface area (Å²) in [4.78, 5) is 4.39. The van der Waals surface area contributed by atoms with E-state index >= 15 is 0 Å². The lowest BCUT2D eigenvalue weighted by Crippen LogP contribution is -2.40. The first kappa shape index (κ1) is 17.6. The maximum Gasteiger partial charge on any atom is 0.187 e. The van der Waals surface area contributed by atoms with Gasteiger partial charge in [0, 0.05) is 24.1 Å². The molecule has 2 N–H and O–H groups in total. The van der Waals surface area contributed by atoms with Crippen LogP contribution in [0, 0.1) is 6.92 Å². The number of ether oxygens (including phenoxy) is 1. The molecular formula is C16H19ClN4OS. The first-order valence-corrected chi connectivity index (χ1v) is 7.93. The van der Waals surface area contributed by atoms with Gasteiger partial charge in [0.1, 0.15) is 5.15 Å². The highest BCUT2D eigenvalue weighted by Gasteiger charge is 2.04. The van der Waals surface area contributed by atoms with Gasteiger partial charge in [-0.15, -0.1) is 0 Å². The van der Waals surface area contributed by atoms with Crippen molar-refractivity contribution in [2.24, 2.45) is 5.10 Å². The Bertz CT molecular complexity index is 735. The van der Waals surface area contributed by atoms with E-state index in [1.807, 2.05) is 38.1 Å². The van der Waals surface area contributed by atoms with Gasteiger partial charge in [-0.1, -0.05) is 23.7 Å². The molecule has 1 aromatic heterocycles. The van der Waals surface area contributed by atoms with Crippen molar-refractivity contribution in [1.29, 1.82) is 0 Å². The van der Waals surface area contributed by atoms with Gasteiger partial charge in [0.25, 0.3) is 0 Å². The molecule has 1 heterocycles. The van der Waals surface area contributed by atoms with E-state index in [2.05, 4.69) is 20.8 Å². The molecule has 5 nitrogen and oxygen atoms in total. The third-order valence-electron chi connectivity index (χ3n) is 3.12. The number of thiocarbonyl (C=S) groups is 1. The minimum absolute atomic E-state index is 0.101. The van der Waals surface area contributed by atoms with Crippen LogP contribution in [0.15, 0.2) is 29.4 Å². The lowest BCUT2D eigenvalue weighted by atomic mass is 10.1. The lowest BCUT2D eigenvalue weighted by Gasteiger charge is -2.13. The van der Waals surface area contributed by atoms with Gasteiger partial charge in [0.15, 0.2) is 5.11 Å². The molecule has 0 aliphatic carbocycles. The second-order valence-corrected chi connectivity index (χ2v) is 6.03. The summed E-state index contributed by atoms with van der Waals surface area (Å²) < 4.78 is 5.03. The zero-order chi connectivity index (χ0) is 16.8. The number of aryl methyl sites for hydroxylation is 1. The minimum Gasteiger partial charge on any atom is -0.383 e. The van der Waals surface area contributed by atoms with Crippen LogP contribution < -0.4 is 10.7 Å². The molecule has 0 saturated heterocycles. The summed E-state index contributed by atoms with van der Waals surface area (Å²) in [5.41, 5.74) is 5.49. The molecule has 0 fully saturated rings. The van der Waals surface area contributed by atoms with Crippen molar-refractivity contribution in [2.45, 2.75) is 19.9 Å². The third kappa shape index (κ3) is 5.13. The summed E-state index contributed by atoms with van der Waals surface area (Å²) in [6, 6.07) is 8.09. The Morgan fingerprint density at radius 3 is 3.00 bits per heavy atom. The number of aromatic nitrogens is 1. The van der Waals surface area contributed by atoms with Gasteiger partial charge in [0.05, 0.1) is 18.3 Å². The Kier molecular flexibility index (Phi) is 6.27. The van der Waals surface area contributed by atoms with Crippen LogP contribution >= 0.6 is 23.8 Å². The number of hydrazone groups is 1. The summed E-state index contributed by atoms with van der Waals surface area (Å²) in [5.74, 6) is 0. The number of hydrogen-bond donors (Lipinski definition) is 2. The summed E-state index contributed by atoms with van der Waals surface area (Å²) in [5, 5.41) is 8.98. The molecule has 2 rings (SSSR count). The average Bonchev–Trinajstić information content (AvgIpc) is 2.48. The van der Waals surface area contributed by atoms with E-state index < -0.39 is 0 Å². The molecular weight excluding hydrogens is 332 g/mol. The Morgan fingerprint density at radius 1 is 1.48 bits per heavy atom. The number of methoxy groups -OCH3 is 1. The van der Waals surface area contributed by atoms with Crippen LogP contribution in [0.5, 0.6) is 0 Å². The van der Waals surface area contributed by atoms with Crippen LogP contribution in [0.25, 0.3) is 10.9 Å². The monoisotopic (exact) mass is 350 g/mol. The lowest BCUT2D eigenvalue weighted by molar-refractivity contribution is 0.179. The van der Waals surface area contributed by atoms with Crippen molar-refractivity contribution in [3.05, 3.63) is 40.5 Å². The number of nitrogens with zero attached hydrogens (tertiary/aromatic N) is 2. The number of hydrogen-bond acceptors (Lipinski definition) is 4. The summed E-state index contributed by atoms with van der Waals surface area (Å²) in [7, 11) is 1.64. The molecule has 0 amide bonds. The maximum absolute atomic E-state index is 6.20. The first-order valence-electron chi connectivity index (χ1n) is 7.15. The summed E-state index contributed by atoms with van der Waals surface area (Å²) in [6.07, 6.45) is 1.60. The fraction of sp³-hybridized carbons (Fsp3) is 0.312. The molecule has 0 unspecified atom stereocenters. The van der Waals surface area contributed by atoms with E-state index in [1.54, 1.807) is 13.3 Å². The molecule has 7 heteroatoms. The molecule has 0 saturated carbocycles. The van der Waals surface area contributed by atoms with Crippen molar-refractivity contribution in [1.82, 2.24) is 15.7 Å². The molecule has 2 aromatic rings. The number of nitrogens with one attached hydrogen (secondary N) is 2. The number of fused-ring (bicyclic) bond motifs is 1. The molecule has 0 spiro atoms. The summed E-state index contributed by atoms with van der Waals surface area (Å²) in [6.45, 7) is 4.55. The molecule has 0 aliphatic heterocycles. The third-order valence-corrected chi connectivity index (χ3v) is 3.63. The fourth-order valence-corrected chi connectivity index (χ4v) is 2.52. The Labute approximate surface area is 146 Å². The van der Waals surface area contributed by atoms with Gasteiger partial charge in [0.2, 0.25) is 0 Å². The number of rotatable bonds is 5. The number of halogens is 1. The van der Waals surface area contributed by atoms with E-state index in [0.717, 1.165) is 22.0 Å². The van der Waals surface area contributed by atoms with Crippen LogP contribution in [-0.2, 0) is 4.74 Å². The van der Waals surface area contributed by atoms with E-state index in [9.17, 15) is 0 Å². The van der Waals surface area contributed by atoms with E-state index in [0.29, 0.717) is 16.9 Å². The molecule has 23 heavy (non-hydrogen) atoms. The number of pyridine rings is 1. The maximum atomic E-state index is 6.20. The van der Waals surface area contributed by atoms with Gasteiger partial charge >= 0.3 is 0 Å². The zero-order valence-corrected chi connectivity index (χ0v) is 14.8. The number of benzene rings is 1. The molecule has 1 atom stereocenters. The Balaban J connectivity index is 2.05. The highest BCUT2D eigenvalue weighted by atomic mass is 35.5. The predicted octanol–water partition coefficient (Wildman–Crippen LogP) is 3.03. The van der Waals surface area contributed by atoms with Crippen LogP contribution in [0.1, 0.15) is 18.1 Å². The van der Waals surface area contributed by atoms with Crippen LogP contribution in [0.2, 0.25) is 5.15 Å². The van der Waals surface area contributed by atoms with Crippen LogP contribution in [0.3, 0.4) is 0 Å². The van der Waals surface area contributed by atoms with E-state index in [-0.39, 0.29) is 6.04 Å². The van der Waals surface area contributed by atoms with Gasteiger partial charge in [-0.2, -0.15) is 5.10 Å². The first-order chi connectivity index (χ1) is 11.0. The topological polar surface area (TPSA) is 58.5 Å². The van der Waals surface area contributed by atoms with Crippen molar-refractivity contribution in [2.75, 3.05) is 13.7 Å². The molecule has 0 aliphatic rings. The Morgan fingerprint density at radius 2 is 2.26 bits per heavy atom. The zero-order valence-electron chi connectivity index (χ0n) is 13.3. The largest absolute Gasteiger partial charge is 0.383 e. The average molecular weight is 351 g/mol. The smallest absolute Gasteiger partial charge is 0.187 e. The van der Waals surface area contributed by atoms with Crippen LogP contribution in [-0.4, -0.2) is 36.1 Å². The minimum atomic E-state index is 0.101. The fourth-order valence-electron chi connectivity index (χ4n) is 2.07. The molecule has 0 radical (unpaired) electrons. The normalized spacial score (nSPS) is 12.5. The van der Waals surface area contributed by atoms with Crippen molar-refractivity contribution >= 4 is 46.0 Å².